The lowest BCUT2D eigenvalue weighted by molar-refractivity contribution is -0.118. The molecule has 0 bridgehead atoms. The van der Waals surface area contributed by atoms with Crippen LogP contribution in [0.25, 0.3) is 0 Å². The van der Waals surface area contributed by atoms with Crippen LogP contribution in [0, 0.1) is 0 Å². The highest BCUT2D eigenvalue weighted by atomic mass is 32.2. The minimum Gasteiger partial charge on any atom is -0.355 e. The Morgan fingerprint density at radius 2 is 1.95 bits per heavy atom. The van der Waals surface area contributed by atoms with Crippen LogP contribution in [0.5, 0.6) is 0 Å². The number of thioether (sulfide) groups is 2. The lowest BCUT2D eigenvalue weighted by Crippen LogP contribution is -2.31. The smallest absolute Gasteiger partial charge is 0.230 e. The van der Waals surface area contributed by atoms with E-state index in [9.17, 15) is 4.79 Å². The fourth-order valence-corrected chi connectivity index (χ4v) is 3.71. The molecule has 5 heteroatoms. The van der Waals surface area contributed by atoms with Crippen molar-refractivity contribution in [3.05, 3.63) is 0 Å². The number of carbonyl (C=O) groups excluding carboxylic acids is 1. The lowest BCUT2D eigenvalue weighted by Gasteiger charge is -2.21. The molecule has 1 amide bonds. The third kappa shape index (κ3) is 9.63. The second kappa shape index (κ2) is 11.9. The van der Waals surface area contributed by atoms with Crippen molar-refractivity contribution in [2.45, 2.75) is 43.8 Å². The number of rotatable bonds is 10. The van der Waals surface area contributed by atoms with E-state index in [1.165, 1.54) is 37.9 Å². The summed E-state index contributed by atoms with van der Waals surface area (Å²) >= 11 is 3.74. The fourth-order valence-electron chi connectivity index (χ4n) is 2.16. The highest BCUT2D eigenvalue weighted by Crippen LogP contribution is 2.19. The monoisotopic (exact) mass is 304 g/mol. The van der Waals surface area contributed by atoms with Gasteiger partial charge in [0.25, 0.3) is 0 Å². The summed E-state index contributed by atoms with van der Waals surface area (Å²) in [5.74, 6) is 2.11. The van der Waals surface area contributed by atoms with Gasteiger partial charge in [0.05, 0.1) is 5.75 Å². The van der Waals surface area contributed by atoms with Gasteiger partial charge >= 0.3 is 0 Å². The van der Waals surface area contributed by atoms with Crippen molar-refractivity contribution in [1.82, 2.24) is 10.6 Å². The molecule has 0 aromatic heterocycles. The van der Waals surface area contributed by atoms with E-state index in [2.05, 4.69) is 16.9 Å². The van der Waals surface area contributed by atoms with E-state index in [0.29, 0.717) is 11.0 Å². The Bertz CT molecular complexity index is 233. The molecule has 0 aromatic rings. The fraction of sp³-hybridized carbons (Fsp3) is 0.929. The third-order valence-electron chi connectivity index (χ3n) is 3.33. The maximum atomic E-state index is 11.7. The first-order chi connectivity index (χ1) is 9.33. The minimum atomic E-state index is 0.215. The Labute approximate surface area is 126 Å². The standard InChI is InChI=1S/C14H28N2OS2/c1-18-11-5-3-2-4-8-16-14(17)12-19-13-6-9-15-10-7-13/h13,15H,2-12H2,1H3,(H,16,17). The molecule has 1 aliphatic rings. The van der Waals surface area contributed by atoms with Crippen LogP contribution in [-0.4, -0.2) is 48.6 Å². The van der Waals surface area contributed by atoms with Crippen LogP contribution in [0.4, 0.5) is 0 Å². The summed E-state index contributed by atoms with van der Waals surface area (Å²) in [4.78, 5) is 11.7. The normalized spacial score (nSPS) is 16.5. The molecule has 0 atom stereocenters. The molecule has 2 N–H and O–H groups in total. The number of nitrogens with one attached hydrogen (secondary N) is 2. The first-order valence-corrected chi connectivity index (χ1v) is 9.85. The summed E-state index contributed by atoms with van der Waals surface area (Å²) in [6.45, 7) is 3.07. The van der Waals surface area contributed by atoms with Crippen LogP contribution >= 0.6 is 23.5 Å². The van der Waals surface area contributed by atoms with Crippen LogP contribution < -0.4 is 10.6 Å². The zero-order valence-corrected chi connectivity index (χ0v) is 13.7. The summed E-state index contributed by atoms with van der Waals surface area (Å²) in [6, 6.07) is 0. The number of carbonyl (C=O) groups is 1. The largest absolute Gasteiger partial charge is 0.355 e. The summed E-state index contributed by atoms with van der Waals surface area (Å²) in [7, 11) is 0. The average Bonchev–Trinajstić information content (AvgIpc) is 2.45. The van der Waals surface area contributed by atoms with Crippen LogP contribution in [0.2, 0.25) is 0 Å². The molecular formula is C14H28N2OS2. The summed E-state index contributed by atoms with van der Waals surface area (Å²) in [5.41, 5.74) is 0. The van der Waals surface area contributed by atoms with Crippen molar-refractivity contribution in [1.29, 1.82) is 0 Å². The quantitative estimate of drug-likeness (QED) is 0.609. The number of piperidine rings is 1. The molecule has 1 heterocycles. The van der Waals surface area contributed by atoms with E-state index in [4.69, 9.17) is 0 Å². The molecule has 1 aliphatic heterocycles. The highest BCUT2D eigenvalue weighted by Gasteiger charge is 2.14. The van der Waals surface area contributed by atoms with Crippen LogP contribution in [0.15, 0.2) is 0 Å². The molecule has 0 aliphatic carbocycles. The Morgan fingerprint density at radius 3 is 2.68 bits per heavy atom. The first kappa shape index (κ1) is 17.2. The molecule has 0 unspecified atom stereocenters. The Hall–Kier alpha value is 0.130. The van der Waals surface area contributed by atoms with Gasteiger partial charge in [-0.2, -0.15) is 11.8 Å². The summed E-state index contributed by atoms with van der Waals surface area (Å²) in [5, 5.41) is 7.06. The maximum absolute atomic E-state index is 11.7. The maximum Gasteiger partial charge on any atom is 0.230 e. The molecule has 0 radical (unpaired) electrons. The van der Waals surface area contributed by atoms with Gasteiger partial charge in [-0.3, -0.25) is 4.79 Å². The predicted octanol–water partition coefficient (Wildman–Crippen LogP) is 2.51. The number of hydrogen-bond acceptors (Lipinski definition) is 4. The van der Waals surface area contributed by atoms with Crippen molar-refractivity contribution in [2.75, 3.05) is 37.4 Å². The van der Waals surface area contributed by atoms with Crippen LogP contribution in [-0.2, 0) is 4.79 Å². The molecule has 19 heavy (non-hydrogen) atoms. The van der Waals surface area contributed by atoms with Crippen LogP contribution in [0.3, 0.4) is 0 Å². The zero-order valence-electron chi connectivity index (χ0n) is 12.1. The SMILES string of the molecule is CSCCCCCCNC(=O)CSC1CCNCC1. The minimum absolute atomic E-state index is 0.215. The van der Waals surface area contributed by atoms with Gasteiger partial charge < -0.3 is 10.6 Å². The second-order valence-electron chi connectivity index (χ2n) is 5.02. The third-order valence-corrected chi connectivity index (χ3v) is 5.40. The van der Waals surface area contributed by atoms with Crippen molar-refractivity contribution in [2.24, 2.45) is 0 Å². The Kier molecular flexibility index (Phi) is 10.8. The van der Waals surface area contributed by atoms with E-state index in [0.717, 1.165) is 26.1 Å². The van der Waals surface area contributed by atoms with Gasteiger partial charge in [-0.05, 0) is 50.8 Å². The Balaban J connectivity index is 1.87. The molecule has 0 saturated carbocycles. The summed E-state index contributed by atoms with van der Waals surface area (Å²) in [6.07, 6.45) is 9.52. The van der Waals surface area contributed by atoms with Gasteiger partial charge in [0.2, 0.25) is 5.91 Å². The summed E-state index contributed by atoms with van der Waals surface area (Å²) < 4.78 is 0. The van der Waals surface area contributed by atoms with Gasteiger partial charge in [-0.1, -0.05) is 12.8 Å². The lowest BCUT2D eigenvalue weighted by atomic mass is 10.2. The van der Waals surface area contributed by atoms with Gasteiger partial charge in [-0.15, -0.1) is 11.8 Å². The predicted molar refractivity (Wildman–Crippen MR) is 88.2 cm³/mol. The Morgan fingerprint density at radius 1 is 1.21 bits per heavy atom. The van der Waals surface area contributed by atoms with E-state index < -0.39 is 0 Å². The molecule has 0 aromatic carbocycles. The molecule has 1 rings (SSSR count). The topological polar surface area (TPSA) is 41.1 Å². The number of unbranched alkanes of at least 4 members (excludes halogenated alkanes) is 3. The van der Waals surface area contributed by atoms with Crippen LogP contribution in [0.1, 0.15) is 38.5 Å². The van der Waals surface area contributed by atoms with Crippen molar-refractivity contribution >= 4 is 29.4 Å². The van der Waals surface area contributed by atoms with E-state index in [-0.39, 0.29) is 5.91 Å². The molecule has 3 nitrogen and oxygen atoms in total. The van der Waals surface area contributed by atoms with Crippen molar-refractivity contribution < 1.29 is 4.79 Å². The van der Waals surface area contributed by atoms with E-state index in [1.807, 2.05) is 23.5 Å². The number of amides is 1. The number of hydrogen-bond donors (Lipinski definition) is 2. The van der Waals surface area contributed by atoms with Gasteiger partial charge in [0, 0.05) is 11.8 Å². The van der Waals surface area contributed by atoms with E-state index >= 15 is 0 Å². The molecular weight excluding hydrogens is 276 g/mol. The molecule has 1 saturated heterocycles. The van der Waals surface area contributed by atoms with Crippen molar-refractivity contribution in [3.63, 3.8) is 0 Å². The highest BCUT2D eigenvalue weighted by molar-refractivity contribution is 8.00. The molecule has 112 valence electrons. The zero-order chi connectivity index (χ0) is 13.8. The molecule has 1 fully saturated rings. The van der Waals surface area contributed by atoms with E-state index in [1.54, 1.807) is 0 Å². The van der Waals surface area contributed by atoms with Gasteiger partial charge in [0.15, 0.2) is 0 Å². The second-order valence-corrected chi connectivity index (χ2v) is 7.29. The molecule has 0 spiro atoms. The average molecular weight is 305 g/mol. The van der Waals surface area contributed by atoms with Gasteiger partial charge in [-0.25, -0.2) is 0 Å². The van der Waals surface area contributed by atoms with Gasteiger partial charge in [0.1, 0.15) is 0 Å². The first-order valence-electron chi connectivity index (χ1n) is 7.41. The van der Waals surface area contributed by atoms with Crippen molar-refractivity contribution in [3.8, 4) is 0 Å².